The average Bonchev–Trinajstić information content (AvgIpc) is 2.45. The van der Waals surface area contributed by atoms with Crippen LogP contribution in [0.5, 0.6) is 0 Å². The Morgan fingerprint density at radius 1 is 1.50 bits per heavy atom. The lowest BCUT2D eigenvalue weighted by Gasteiger charge is -2.24. The minimum atomic E-state index is -3.64. The van der Waals surface area contributed by atoms with E-state index in [0.29, 0.717) is 5.92 Å². The van der Waals surface area contributed by atoms with Crippen LogP contribution in [0.1, 0.15) is 31.4 Å². The standard InChI is InChI=1S/C14H22N2O3S/c1-11(16-9-12-4-3-7-19-10-12)13-5-2-6-14(8-13)20(15,17)18/h2,5-6,8,11-12,16H,3-4,7,9-10H2,1H3,(H2,15,17,18). The molecule has 112 valence electrons. The first-order valence-corrected chi connectivity index (χ1v) is 8.45. The van der Waals surface area contributed by atoms with Gasteiger partial charge in [-0.25, -0.2) is 13.6 Å². The molecule has 0 amide bonds. The second-order valence-electron chi connectivity index (χ2n) is 5.33. The van der Waals surface area contributed by atoms with E-state index in [4.69, 9.17) is 9.88 Å². The molecule has 0 saturated carbocycles. The molecule has 0 radical (unpaired) electrons. The molecular formula is C14H22N2O3S. The molecule has 1 fully saturated rings. The van der Waals surface area contributed by atoms with Crippen LogP contribution in [0.25, 0.3) is 0 Å². The first-order valence-electron chi connectivity index (χ1n) is 6.90. The zero-order valence-electron chi connectivity index (χ0n) is 11.7. The molecule has 0 spiro atoms. The Balaban J connectivity index is 1.96. The van der Waals surface area contributed by atoms with Gasteiger partial charge in [-0.15, -0.1) is 0 Å². The van der Waals surface area contributed by atoms with Crippen LogP contribution in [-0.2, 0) is 14.8 Å². The molecule has 20 heavy (non-hydrogen) atoms. The number of primary sulfonamides is 1. The van der Waals surface area contributed by atoms with Gasteiger partial charge >= 0.3 is 0 Å². The Hall–Kier alpha value is -0.950. The first-order chi connectivity index (χ1) is 9.47. The third-order valence-corrected chi connectivity index (χ3v) is 4.56. The van der Waals surface area contributed by atoms with Crippen LogP contribution in [0.3, 0.4) is 0 Å². The molecule has 1 aliphatic rings. The van der Waals surface area contributed by atoms with E-state index in [2.05, 4.69) is 5.32 Å². The van der Waals surface area contributed by atoms with E-state index < -0.39 is 10.0 Å². The summed E-state index contributed by atoms with van der Waals surface area (Å²) < 4.78 is 28.2. The molecule has 2 rings (SSSR count). The third-order valence-electron chi connectivity index (χ3n) is 3.65. The Morgan fingerprint density at radius 3 is 2.95 bits per heavy atom. The normalized spacial score (nSPS) is 21.6. The van der Waals surface area contributed by atoms with Gasteiger partial charge in [0, 0.05) is 19.2 Å². The first kappa shape index (κ1) is 15.4. The van der Waals surface area contributed by atoms with Gasteiger partial charge in [0.15, 0.2) is 0 Å². The summed E-state index contributed by atoms with van der Waals surface area (Å²) in [7, 11) is -3.64. The molecule has 5 nitrogen and oxygen atoms in total. The Bertz CT molecular complexity index is 539. The predicted octanol–water partition coefficient (Wildman–Crippen LogP) is 1.41. The van der Waals surface area contributed by atoms with Crippen LogP contribution < -0.4 is 10.5 Å². The highest BCUT2D eigenvalue weighted by molar-refractivity contribution is 7.89. The molecule has 3 N–H and O–H groups in total. The summed E-state index contributed by atoms with van der Waals surface area (Å²) in [5.41, 5.74) is 0.924. The van der Waals surface area contributed by atoms with E-state index in [1.807, 2.05) is 13.0 Å². The van der Waals surface area contributed by atoms with E-state index >= 15 is 0 Å². The lowest BCUT2D eigenvalue weighted by Crippen LogP contribution is -2.30. The van der Waals surface area contributed by atoms with Crippen molar-refractivity contribution in [1.29, 1.82) is 0 Å². The number of hydrogen-bond acceptors (Lipinski definition) is 4. The highest BCUT2D eigenvalue weighted by Crippen LogP contribution is 2.18. The maximum atomic E-state index is 11.4. The highest BCUT2D eigenvalue weighted by Gasteiger charge is 2.16. The van der Waals surface area contributed by atoms with Crippen LogP contribution in [0.2, 0.25) is 0 Å². The number of hydrogen-bond donors (Lipinski definition) is 2. The van der Waals surface area contributed by atoms with Crippen molar-refractivity contribution in [3.8, 4) is 0 Å². The van der Waals surface area contributed by atoms with Gasteiger partial charge in [-0.2, -0.15) is 0 Å². The van der Waals surface area contributed by atoms with Crippen molar-refractivity contribution >= 4 is 10.0 Å². The number of sulfonamides is 1. The van der Waals surface area contributed by atoms with Crippen LogP contribution in [-0.4, -0.2) is 28.2 Å². The summed E-state index contributed by atoms with van der Waals surface area (Å²) in [5.74, 6) is 0.535. The molecular weight excluding hydrogens is 276 g/mol. The molecule has 0 bridgehead atoms. The minimum absolute atomic E-state index is 0.0821. The van der Waals surface area contributed by atoms with Crippen molar-refractivity contribution in [3.05, 3.63) is 29.8 Å². The number of ether oxygens (including phenoxy) is 1. The zero-order valence-corrected chi connectivity index (χ0v) is 12.5. The minimum Gasteiger partial charge on any atom is -0.381 e. The molecule has 0 aliphatic carbocycles. The molecule has 1 saturated heterocycles. The van der Waals surface area contributed by atoms with Crippen LogP contribution in [0.4, 0.5) is 0 Å². The molecule has 1 aliphatic heterocycles. The topological polar surface area (TPSA) is 81.4 Å². The molecule has 6 heteroatoms. The quantitative estimate of drug-likeness (QED) is 0.861. The van der Waals surface area contributed by atoms with Crippen molar-refractivity contribution < 1.29 is 13.2 Å². The monoisotopic (exact) mass is 298 g/mol. The van der Waals surface area contributed by atoms with Crippen molar-refractivity contribution in [1.82, 2.24) is 5.32 Å². The Morgan fingerprint density at radius 2 is 2.30 bits per heavy atom. The second-order valence-corrected chi connectivity index (χ2v) is 6.89. The SMILES string of the molecule is CC(NCC1CCCOC1)c1cccc(S(N)(=O)=O)c1. The fourth-order valence-corrected chi connectivity index (χ4v) is 2.96. The molecule has 2 unspecified atom stereocenters. The zero-order chi connectivity index (χ0) is 14.6. The highest BCUT2D eigenvalue weighted by atomic mass is 32.2. The largest absolute Gasteiger partial charge is 0.381 e. The number of nitrogens with one attached hydrogen (secondary N) is 1. The van der Waals surface area contributed by atoms with Gasteiger partial charge in [-0.3, -0.25) is 0 Å². The van der Waals surface area contributed by atoms with Gasteiger partial charge in [0.25, 0.3) is 0 Å². The third kappa shape index (κ3) is 4.28. The summed E-state index contributed by atoms with van der Waals surface area (Å²) in [6, 6.07) is 6.85. The smallest absolute Gasteiger partial charge is 0.238 e. The summed E-state index contributed by atoms with van der Waals surface area (Å²) in [6.45, 7) is 4.56. The van der Waals surface area contributed by atoms with E-state index in [9.17, 15) is 8.42 Å². The van der Waals surface area contributed by atoms with Crippen molar-refractivity contribution in [2.75, 3.05) is 19.8 Å². The van der Waals surface area contributed by atoms with Gasteiger partial charge in [0.05, 0.1) is 11.5 Å². The van der Waals surface area contributed by atoms with Crippen LogP contribution in [0.15, 0.2) is 29.2 Å². The lowest BCUT2D eigenvalue weighted by atomic mass is 10.0. The fourth-order valence-electron chi connectivity index (χ4n) is 2.39. The van der Waals surface area contributed by atoms with Crippen molar-refractivity contribution in [2.45, 2.75) is 30.7 Å². The fraction of sp³-hybridized carbons (Fsp3) is 0.571. The molecule has 2 atom stereocenters. The number of nitrogens with two attached hydrogens (primary N) is 1. The Kier molecular flexibility index (Phi) is 5.15. The van der Waals surface area contributed by atoms with Gasteiger partial charge in [0.2, 0.25) is 10.0 Å². The van der Waals surface area contributed by atoms with E-state index in [0.717, 1.165) is 31.7 Å². The van der Waals surface area contributed by atoms with E-state index in [1.165, 1.54) is 12.5 Å². The summed E-state index contributed by atoms with van der Waals surface area (Å²) in [5, 5.41) is 8.58. The maximum Gasteiger partial charge on any atom is 0.238 e. The maximum absolute atomic E-state index is 11.4. The number of rotatable bonds is 5. The van der Waals surface area contributed by atoms with Crippen LogP contribution in [0, 0.1) is 5.92 Å². The summed E-state index contributed by atoms with van der Waals surface area (Å²) in [6.07, 6.45) is 2.29. The van der Waals surface area contributed by atoms with E-state index in [-0.39, 0.29) is 10.9 Å². The van der Waals surface area contributed by atoms with Gasteiger partial charge in [-0.05, 0) is 43.4 Å². The van der Waals surface area contributed by atoms with Gasteiger partial charge in [0.1, 0.15) is 0 Å². The summed E-state index contributed by atoms with van der Waals surface area (Å²) >= 11 is 0. The molecule has 1 aromatic carbocycles. The summed E-state index contributed by atoms with van der Waals surface area (Å²) in [4.78, 5) is 0.157. The van der Waals surface area contributed by atoms with Gasteiger partial charge in [-0.1, -0.05) is 12.1 Å². The molecule has 0 aromatic heterocycles. The predicted molar refractivity (Wildman–Crippen MR) is 77.8 cm³/mol. The second kappa shape index (κ2) is 6.67. The van der Waals surface area contributed by atoms with Crippen molar-refractivity contribution in [2.24, 2.45) is 11.1 Å². The average molecular weight is 298 g/mol. The molecule has 1 heterocycles. The van der Waals surface area contributed by atoms with Crippen LogP contribution >= 0.6 is 0 Å². The van der Waals surface area contributed by atoms with Gasteiger partial charge < -0.3 is 10.1 Å². The number of benzene rings is 1. The van der Waals surface area contributed by atoms with E-state index in [1.54, 1.807) is 12.1 Å². The lowest BCUT2D eigenvalue weighted by molar-refractivity contribution is 0.0540. The Labute approximate surface area is 120 Å². The molecule has 1 aromatic rings. The van der Waals surface area contributed by atoms with Crippen molar-refractivity contribution in [3.63, 3.8) is 0 Å².